The Morgan fingerprint density at radius 1 is 0.579 bits per heavy atom. The molecule has 38 heavy (non-hydrogen) atoms. The highest BCUT2D eigenvalue weighted by Gasteiger charge is 2.37. The molecule has 202 valence electrons. The number of carbonyl (C=O) groups is 2. The summed E-state index contributed by atoms with van der Waals surface area (Å²) in [6.45, 7) is 7.08. The molecule has 10 heteroatoms. The molecule has 0 unspecified atom stereocenters. The fourth-order valence-electron chi connectivity index (χ4n) is 3.87. The van der Waals surface area contributed by atoms with E-state index in [2.05, 4.69) is 0 Å². The van der Waals surface area contributed by atoms with Gasteiger partial charge in [-0.25, -0.2) is 25.4 Å². The summed E-state index contributed by atoms with van der Waals surface area (Å²) in [6, 6.07) is 17.7. The molecule has 8 nitrogen and oxygen atoms in total. The smallest absolute Gasteiger partial charge is 0.270 e. The molecule has 0 bridgehead atoms. The first kappa shape index (κ1) is 29.1. The van der Waals surface area contributed by atoms with E-state index in [1.165, 1.54) is 48.5 Å². The van der Waals surface area contributed by atoms with E-state index in [0.29, 0.717) is 21.5 Å². The lowest BCUT2D eigenvalue weighted by atomic mass is 10.2. The summed E-state index contributed by atoms with van der Waals surface area (Å²) in [7, 11) is -8.90. The van der Waals surface area contributed by atoms with Crippen LogP contribution in [0.5, 0.6) is 0 Å². The number of amides is 2. The monoisotopic (exact) mass is 556 g/mol. The van der Waals surface area contributed by atoms with E-state index in [9.17, 15) is 26.4 Å². The summed E-state index contributed by atoms with van der Waals surface area (Å²) in [5, 5.41) is 0. The molecule has 0 atom stereocenters. The van der Waals surface area contributed by atoms with Gasteiger partial charge in [-0.15, -0.1) is 0 Å². The molecule has 0 spiro atoms. The zero-order valence-corrected chi connectivity index (χ0v) is 23.6. The number of carbonyl (C=O) groups excluding carboxylic acids is 2. The van der Waals surface area contributed by atoms with Crippen molar-refractivity contribution in [3.8, 4) is 0 Å². The molecule has 0 aliphatic heterocycles. The molecule has 3 rings (SSSR count). The average Bonchev–Trinajstić information content (AvgIpc) is 2.86. The zero-order chi connectivity index (χ0) is 28.1. The molecule has 0 fully saturated rings. The molecular weight excluding hydrogens is 524 g/mol. The third-order valence-corrected chi connectivity index (χ3v) is 9.32. The Hall–Kier alpha value is -3.50. The van der Waals surface area contributed by atoms with Gasteiger partial charge in [-0.05, 0) is 63.1 Å². The van der Waals surface area contributed by atoms with Crippen molar-refractivity contribution < 1.29 is 26.4 Å². The second-order valence-electron chi connectivity index (χ2n) is 8.94. The van der Waals surface area contributed by atoms with Crippen LogP contribution in [-0.4, -0.2) is 28.6 Å². The molecule has 0 aromatic heterocycles. The minimum atomic E-state index is -4.45. The van der Waals surface area contributed by atoms with Crippen molar-refractivity contribution in [2.24, 2.45) is 0 Å². The number of nitrogens with zero attached hydrogens (tertiary/aromatic N) is 2. The summed E-state index contributed by atoms with van der Waals surface area (Å²) in [6.07, 6.45) is 0.516. The van der Waals surface area contributed by atoms with E-state index in [-0.39, 0.29) is 34.0 Å². The summed E-state index contributed by atoms with van der Waals surface area (Å²) >= 11 is 0. The Morgan fingerprint density at radius 3 is 1.18 bits per heavy atom. The first-order valence-electron chi connectivity index (χ1n) is 12.3. The van der Waals surface area contributed by atoms with E-state index in [4.69, 9.17) is 0 Å². The number of benzene rings is 3. The molecule has 0 N–H and O–H groups in total. The molecule has 0 radical (unpaired) electrons. The normalized spacial score (nSPS) is 11.7. The average molecular weight is 557 g/mol. The predicted octanol–water partition coefficient (Wildman–Crippen LogP) is 5.35. The SMILES string of the molecule is CCCC(=O)N(c1ccccc1N(C(=O)CCC)S(=O)(=O)c1ccc(C)cc1)S(=O)(=O)c1ccc(C)cc1. The summed E-state index contributed by atoms with van der Waals surface area (Å²) < 4.78 is 56.6. The van der Waals surface area contributed by atoms with E-state index < -0.39 is 31.9 Å². The van der Waals surface area contributed by atoms with Gasteiger partial charge in [-0.2, -0.15) is 0 Å². The Bertz CT molecular complexity index is 1400. The lowest BCUT2D eigenvalue weighted by Gasteiger charge is -2.29. The fourth-order valence-corrected chi connectivity index (χ4v) is 6.79. The van der Waals surface area contributed by atoms with Crippen LogP contribution in [0.15, 0.2) is 82.6 Å². The standard InChI is InChI=1S/C28H32N2O6S2/c1-5-9-27(31)29(37(33,34)23-17-13-21(3)14-18-23)25-11-7-8-12-26(25)30(28(32)10-6-2)38(35,36)24-19-15-22(4)16-20-24/h7-8,11-20H,5-6,9-10H2,1-4H3. The maximum atomic E-state index is 13.8. The van der Waals surface area contributed by atoms with Crippen LogP contribution in [0.2, 0.25) is 0 Å². The Kier molecular flexibility index (Phi) is 9.11. The van der Waals surface area contributed by atoms with E-state index >= 15 is 0 Å². The number of para-hydroxylation sites is 2. The van der Waals surface area contributed by atoms with Crippen LogP contribution in [0.25, 0.3) is 0 Å². The molecular formula is C28H32N2O6S2. The van der Waals surface area contributed by atoms with Crippen molar-refractivity contribution >= 4 is 43.2 Å². The van der Waals surface area contributed by atoms with E-state index in [1.54, 1.807) is 52.0 Å². The number of aryl methyl sites for hydroxylation is 2. The first-order chi connectivity index (χ1) is 17.9. The maximum absolute atomic E-state index is 13.8. The largest absolute Gasteiger partial charge is 0.273 e. The van der Waals surface area contributed by atoms with E-state index in [0.717, 1.165) is 11.1 Å². The molecule has 0 aliphatic carbocycles. The van der Waals surface area contributed by atoms with Crippen molar-refractivity contribution in [3.63, 3.8) is 0 Å². The van der Waals surface area contributed by atoms with Gasteiger partial charge in [0.05, 0.1) is 21.2 Å². The van der Waals surface area contributed by atoms with Crippen LogP contribution in [0.3, 0.4) is 0 Å². The highest BCUT2D eigenvalue weighted by Crippen LogP contribution is 2.37. The minimum absolute atomic E-state index is 0.104. The Balaban J connectivity index is 2.31. The third kappa shape index (κ3) is 5.97. The van der Waals surface area contributed by atoms with Gasteiger partial charge in [0.25, 0.3) is 20.0 Å². The number of hydrogen-bond donors (Lipinski definition) is 0. The summed E-state index contributed by atoms with van der Waals surface area (Å²) in [5.41, 5.74) is 1.23. The van der Waals surface area contributed by atoms with Crippen molar-refractivity contribution in [1.29, 1.82) is 0 Å². The van der Waals surface area contributed by atoms with Gasteiger partial charge in [0, 0.05) is 12.8 Å². The van der Waals surface area contributed by atoms with Gasteiger partial charge in [0.2, 0.25) is 11.8 Å². The quantitative estimate of drug-likeness (QED) is 0.333. The molecule has 3 aromatic carbocycles. The maximum Gasteiger partial charge on any atom is 0.270 e. The molecule has 0 saturated heterocycles. The van der Waals surface area contributed by atoms with Gasteiger partial charge in [-0.1, -0.05) is 61.4 Å². The molecule has 2 amide bonds. The number of rotatable bonds is 10. The van der Waals surface area contributed by atoms with Crippen molar-refractivity contribution in [2.75, 3.05) is 8.61 Å². The summed E-state index contributed by atoms with van der Waals surface area (Å²) in [4.78, 5) is 26.4. The van der Waals surface area contributed by atoms with Gasteiger partial charge < -0.3 is 0 Å². The number of sulfonamides is 2. The highest BCUT2D eigenvalue weighted by molar-refractivity contribution is 7.94. The number of hydrogen-bond acceptors (Lipinski definition) is 6. The second kappa shape index (κ2) is 11.9. The van der Waals surface area contributed by atoms with Crippen LogP contribution >= 0.6 is 0 Å². The van der Waals surface area contributed by atoms with Crippen LogP contribution in [0.4, 0.5) is 11.4 Å². The lowest BCUT2D eigenvalue weighted by molar-refractivity contribution is -0.118. The minimum Gasteiger partial charge on any atom is -0.273 e. The highest BCUT2D eigenvalue weighted by atomic mass is 32.2. The topological polar surface area (TPSA) is 109 Å². The van der Waals surface area contributed by atoms with Crippen LogP contribution in [0.1, 0.15) is 50.7 Å². The first-order valence-corrected chi connectivity index (χ1v) is 15.2. The molecule has 3 aromatic rings. The third-order valence-electron chi connectivity index (χ3n) is 5.82. The molecule has 0 saturated carbocycles. The second-order valence-corrected chi connectivity index (χ2v) is 12.5. The number of anilines is 2. The van der Waals surface area contributed by atoms with Crippen LogP contribution in [0, 0.1) is 13.8 Å². The van der Waals surface area contributed by atoms with Crippen LogP contribution < -0.4 is 8.61 Å². The van der Waals surface area contributed by atoms with Crippen molar-refractivity contribution in [1.82, 2.24) is 0 Å². The Labute approximate surface area is 225 Å². The van der Waals surface area contributed by atoms with Crippen molar-refractivity contribution in [2.45, 2.75) is 63.2 Å². The fraction of sp³-hybridized carbons (Fsp3) is 0.286. The predicted molar refractivity (Wildman–Crippen MR) is 148 cm³/mol. The Morgan fingerprint density at radius 2 is 0.895 bits per heavy atom. The van der Waals surface area contributed by atoms with Crippen molar-refractivity contribution in [3.05, 3.63) is 83.9 Å². The van der Waals surface area contributed by atoms with Gasteiger partial charge in [0.15, 0.2) is 0 Å². The van der Waals surface area contributed by atoms with Gasteiger partial charge in [0.1, 0.15) is 0 Å². The zero-order valence-electron chi connectivity index (χ0n) is 21.9. The van der Waals surface area contributed by atoms with Crippen LogP contribution in [-0.2, 0) is 29.6 Å². The molecule has 0 aliphatic rings. The van der Waals surface area contributed by atoms with Gasteiger partial charge in [-0.3, -0.25) is 9.59 Å². The van der Waals surface area contributed by atoms with E-state index in [1.807, 2.05) is 0 Å². The van der Waals surface area contributed by atoms with Gasteiger partial charge >= 0.3 is 0 Å². The molecule has 0 heterocycles. The lowest BCUT2D eigenvalue weighted by Crippen LogP contribution is -2.41. The summed E-state index contributed by atoms with van der Waals surface area (Å²) in [5.74, 6) is -1.48.